The van der Waals surface area contributed by atoms with Crippen molar-refractivity contribution in [3.05, 3.63) is 0 Å². The van der Waals surface area contributed by atoms with Crippen LogP contribution in [0.5, 0.6) is 0 Å². The molecule has 0 radical (unpaired) electrons. The summed E-state index contributed by atoms with van der Waals surface area (Å²) in [5.41, 5.74) is 0. The van der Waals surface area contributed by atoms with E-state index in [0.717, 1.165) is 37.9 Å². The summed E-state index contributed by atoms with van der Waals surface area (Å²) in [4.78, 5) is 4.98. The van der Waals surface area contributed by atoms with Gasteiger partial charge in [-0.05, 0) is 72.4 Å². The zero-order valence-corrected chi connectivity index (χ0v) is 14.3. The van der Waals surface area contributed by atoms with Crippen LogP contribution < -0.4 is 0 Å². The van der Waals surface area contributed by atoms with Gasteiger partial charge in [-0.2, -0.15) is 0 Å². The Labute approximate surface area is 126 Å². The smallest absolute Gasteiger partial charge is 0.0564 e. The Bertz CT molecular complexity index is 213. The summed E-state index contributed by atoms with van der Waals surface area (Å²) in [6.07, 6.45) is 4.68. The van der Waals surface area contributed by atoms with Gasteiger partial charge in [0.2, 0.25) is 0 Å². The monoisotopic (exact) mass is 284 g/mol. The Morgan fingerprint density at radius 3 is 1.45 bits per heavy atom. The highest BCUT2D eigenvalue weighted by Gasteiger charge is 2.18. The molecule has 2 fully saturated rings. The summed E-state index contributed by atoms with van der Waals surface area (Å²) in [6.45, 7) is 16.1. The van der Waals surface area contributed by atoms with Crippen LogP contribution in [0.15, 0.2) is 0 Å². The van der Waals surface area contributed by atoms with Gasteiger partial charge in [0, 0.05) is 25.2 Å². The predicted octanol–water partition coefficient (Wildman–Crippen LogP) is 2.98. The van der Waals surface area contributed by atoms with Crippen molar-refractivity contribution in [3.63, 3.8) is 0 Å². The summed E-state index contributed by atoms with van der Waals surface area (Å²) in [5.74, 6) is 0.968. The first-order chi connectivity index (χ1) is 9.40. The Kier molecular flexibility index (Phi) is 8.08. The third-order valence-electron chi connectivity index (χ3n) is 4.78. The van der Waals surface area contributed by atoms with Crippen LogP contribution in [0.4, 0.5) is 0 Å². The van der Waals surface area contributed by atoms with E-state index in [9.17, 15) is 5.11 Å². The number of likely N-dealkylation sites (tertiary alicyclic amines) is 2. The van der Waals surface area contributed by atoms with Gasteiger partial charge in [-0.3, -0.25) is 0 Å². The fourth-order valence-electron chi connectivity index (χ4n) is 2.95. The first-order valence-corrected chi connectivity index (χ1v) is 8.56. The fourth-order valence-corrected chi connectivity index (χ4v) is 2.95. The number of rotatable bonds is 2. The third kappa shape index (κ3) is 6.55. The van der Waals surface area contributed by atoms with Crippen molar-refractivity contribution in [3.8, 4) is 0 Å². The summed E-state index contributed by atoms with van der Waals surface area (Å²) in [5, 5.41) is 9.18. The molecular weight excluding hydrogens is 248 g/mol. The standard InChI is InChI=1S/C9H19N.C8H17NO/c1-8(2)10-6-4-9(3)5-7-10;1-7(2)9-5-3-8(10)4-6-9/h8-9H,4-7H2,1-3H3;7-8,10H,3-6H2,1-2H3. The zero-order chi connectivity index (χ0) is 15.1. The van der Waals surface area contributed by atoms with Crippen LogP contribution in [0.1, 0.15) is 60.3 Å². The molecule has 1 N–H and O–H groups in total. The SMILES string of the molecule is CC(C)N1CCC(O)CC1.CC1CCN(C(C)C)CC1. The second-order valence-electron chi connectivity index (χ2n) is 7.17. The first kappa shape index (κ1) is 17.9. The minimum Gasteiger partial charge on any atom is -0.393 e. The van der Waals surface area contributed by atoms with Crippen molar-refractivity contribution in [1.82, 2.24) is 9.80 Å². The highest BCUT2D eigenvalue weighted by Crippen LogP contribution is 2.17. The van der Waals surface area contributed by atoms with Crippen molar-refractivity contribution >= 4 is 0 Å². The first-order valence-electron chi connectivity index (χ1n) is 8.56. The van der Waals surface area contributed by atoms with Gasteiger partial charge in [0.05, 0.1) is 6.10 Å². The lowest BCUT2D eigenvalue weighted by atomic mass is 9.98. The number of aliphatic hydroxyl groups excluding tert-OH is 1. The van der Waals surface area contributed by atoms with Crippen molar-refractivity contribution < 1.29 is 5.11 Å². The Morgan fingerprint density at radius 2 is 1.10 bits per heavy atom. The lowest BCUT2D eigenvalue weighted by molar-refractivity contribution is 0.0685. The molecule has 20 heavy (non-hydrogen) atoms. The second kappa shape index (κ2) is 9.01. The molecule has 2 aliphatic rings. The molecule has 0 amide bonds. The molecule has 2 rings (SSSR count). The lowest BCUT2D eigenvalue weighted by Crippen LogP contribution is -2.39. The van der Waals surface area contributed by atoms with Gasteiger partial charge in [0.25, 0.3) is 0 Å². The van der Waals surface area contributed by atoms with Crippen LogP contribution in [0, 0.1) is 5.92 Å². The van der Waals surface area contributed by atoms with E-state index in [4.69, 9.17) is 0 Å². The molecule has 0 aromatic rings. The molecule has 3 nitrogen and oxygen atoms in total. The zero-order valence-electron chi connectivity index (χ0n) is 14.3. The normalized spacial score (nSPS) is 24.0. The van der Waals surface area contributed by atoms with E-state index in [1.54, 1.807) is 0 Å². The van der Waals surface area contributed by atoms with Crippen LogP contribution in [-0.4, -0.2) is 59.3 Å². The summed E-state index contributed by atoms with van der Waals surface area (Å²) in [6, 6.07) is 1.40. The highest BCUT2D eigenvalue weighted by atomic mass is 16.3. The average Bonchev–Trinajstić information content (AvgIpc) is 2.40. The maximum atomic E-state index is 9.18. The van der Waals surface area contributed by atoms with Crippen molar-refractivity contribution in [1.29, 1.82) is 0 Å². The van der Waals surface area contributed by atoms with Crippen molar-refractivity contribution in [2.45, 2.75) is 78.5 Å². The maximum Gasteiger partial charge on any atom is 0.0564 e. The molecule has 0 aliphatic carbocycles. The summed E-state index contributed by atoms with van der Waals surface area (Å²) < 4.78 is 0. The lowest BCUT2D eigenvalue weighted by Gasteiger charge is -2.33. The van der Waals surface area contributed by atoms with Gasteiger partial charge in [0.1, 0.15) is 0 Å². The molecule has 0 atom stereocenters. The molecule has 2 aliphatic heterocycles. The number of piperidine rings is 2. The summed E-state index contributed by atoms with van der Waals surface area (Å²) >= 11 is 0. The van der Waals surface area contributed by atoms with E-state index in [1.165, 1.54) is 25.9 Å². The summed E-state index contributed by atoms with van der Waals surface area (Å²) in [7, 11) is 0. The van der Waals surface area contributed by atoms with E-state index in [-0.39, 0.29) is 6.10 Å². The number of hydrogen-bond acceptors (Lipinski definition) is 3. The van der Waals surface area contributed by atoms with Crippen LogP contribution >= 0.6 is 0 Å². The molecule has 0 bridgehead atoms. The van der Waals surface area contributed by atoms with Crippen LogP contribution in [-0.2, 0) is 0 Å². The Morgan fingerprint density at radius 1 is 0.750 bits per heavy atom. The van der Waals surface area contributed by atoms with Crippen molar-refractivity contribution in [2.75, 3.05) is 26.2 Å². The van der Waals surface area contributed by atoms with E-state index in [0.29, 0.717) is 6.04 Å². The van der Waals surface area contributed by atoms with Gasteiger partial charge < -0.3 is 14.9 Å². The average molecular weight is 284 g/mol. The number of nitrogens with zero attached hydrogens (tertiary/aromatic N) is 2. The Hall–Kier alpha value is -0.120. The van der Waals surface area contributed by atoms with Crippen LogP contribution in [0.3, 0.4) is 0 Å². The molecule has 0 unspecified atom stereocenters. The number of aliphatic hydroxyl groups is 1. The van der Waals surface area contributed by atoms with Gasteiger partial charge in [-0.15, -0.1) is 0 Å². The van der Waals surface area contributed by atoms with E-state index < -0.39 is 0 Å². The quantitative estimate of drug-likeness (QED) is 0.844. The van der Waals surface area contributed by atoms with Gasteiger partial charge in [0.15, 0.2) is 0 Å². The third-order valence-corrected chi connectivity index (χ3v) is 4.78. The molecule has 0 aromatic carbocycles. The predicted molar refractivity (Wildman–Crippen MR) is 87.1 cm³/mol. The van der Waals surface area contributed by atoms with E-state index >= 15 is 0 Å². The fraction of sp³-hybridized carbons (Fsp3) is 1.00. The molecular formula is C17H36N2O. The Balaban J connectivity index is 0.000000200. The number of hydrogen-bond donors (Lipinski definition) is 1. The highest BCUT2D eigenvalue weighted by molar-refractivity contribution is 4.73. The molecule has 0 aromatic heterocycles. The molecule has 120 valence electrons. The maximum absolute atomic E-state index is 9.18. The van der Waals surface area contributed by atoms with E-state index in [1.807, 2.05) is 0 Å². The minimum absolute atomic E-state index is 0.0324. The van der Waals surface area contributed by atoms with Crippen LogP contribution in [0.2, 0.25) is 0 Å². The molecule has 3 heteroatoms. The van der Waals surface area contributed by atoms with Crippen LogP contribution in [0.25, 0.3) is 0 Å². The van der Waals surface area contributed by atoms with Gasteiger partial charge in [-0.25, -0.2) is 0 Å². The van der Waals surface area contributed by atoms with Gasteiger partial charge in [-0.1, -0.05) is 6.92 Å². The second-order valence-corrected chi connectivity index (χ2v) is 7.17. The minimum atomic E-state index is -0.0324. The molecule has 0 spiro atoms. The molecule has 0 saturated carbocycles. The topological polar surface area (TPSA) is 26.7 Å². The van der Waals surface area contributed by atoms with E-state index in [2.05, 4.69) is 44.4 Å². The molecule has 2 saturated heterocycles. The van der Waals surface area contributed by atoms with Gasteiger partial charge >= 0.3 is 0 Å². The molecule has 2 heterocycles. The largest absolute Gasteiger partial charge is 0.393 e. The van der Waals surface area contributed by atoms with Crippen molar-refractivity contribution in [2.24, 2.45) is 5.92 Å².